The maximum absolute atomic E-state index is 13.3. The molecule has 2 rings (SSSR count). The van der Waals surface area contributed by atoms with Gasteiger partial charge < -0.3 is 0 Å². The van der Waals surface area contributed by atoms with Crippen LogP contribution in [0.2, 0.25) is 0 Å². The van der Waals surface area contributed by atoms with E-state index < -0.39 is 9.05 Å². The Bertz CT molecular complexity index is 756. The largest absolute Gasteiger partial charge is 0.296 e. The molecule has 0 radical (unpaired) electrons. The molecule has 1 aromatic heterocycles. The molecule has 0 atom stereocenters. The Kier molecular flexibility index (Phi) is 3.84. The van der Waals surface area contributed by atoms with Gasteiger partial charge in [-0.3, -0.25) is 4.57 Å². The van der Waals surface area contributed by atoms with Crippen molar-refractivity contribution in [3.05, 3.63) is 29.6 Å². The standard InChI is InChI=1S/C12H13ClFN3O2S/c1-7(2)17-11(15-16-12(17)20(13,18)19)9-4-5-10(14)8(3)6-9/h4-7H,1-3H3. The van der Waals surface area contributed by atoms with Crippen LogP contribution in [0.4, 0.5) is 4.39 Å². The number of aryl methyl sites for hydroxylation is 1. The van der Waals surface area contributed by atoms with Gasteiger partial charge in [-0.15, -0.1) is 10.2 Å². The van der Waals surface area contributed by atoms with Crippen LogP contribution in [0.3, 0.4) is 0 Å². The SMILES string of the molecule is Cc1cc(-c2nnc(S(=O)(=O)Cl)n2C(C)C)ccc1F. The van der Waals surface area contributed by atoms with Gasteiger partial charge in [0, 0.05) is 22.3 Å². The van der Waals surface area contributed by atoms with Crippen molar-refractivity contribution in [2.24, 2.45) is 0 Å². The summed E-state index contributed by atoms with van der Waals surface area (Å²) in [6.45, 7) is 5.19. The highest BCUT2D eigenvalue weighted by atomic mass is 35.7. The van der Waals surface area contributed by atoms with Gasteiger partial charge in [0.05, 0.1) is 0 Å². The number of benzene rings is 1. The second kappa shape index (κ2) is 5.14. The van der Waals surface area contributed by atoms with E-state index in [-0.39, 0.29) is 17.0 Å². The predicted molar refractivity (Wildman–Crippen MR) is 73.6 cm³/mol. The fourth-order valence-corrected chi connectivity index (χ4v) is 2.88. The molecule has 0 N–H and O–H groups in total. The van der Waals surface area contributed by atoms with Crippen molar-refractivity contribution in [2.45, 2.75) is 32.0 Å². The minimum absolute atomic E-state index is 0.214. The van der Waals surface area contributed by atoms with E-state index in [1.807, 2.05) is 0 Å². The molecule has 0 bridgehead atoms. The summed E-state index contributed by atoms with van der Waals surface area (Å²) in [5.74, 6) is -0.00289. The van der Waals surface area contributed by atoms with E-state index in [2.05, 4.69) is 10.2 Å². The molecule has 0 unspecified atom stereocenters. The molecule has 0 saturated carbocycles. The lowest BCUT2D eigenvalue weighted by Crippen LogP contribution is -2.10. The molecular formula is C12H13ClFN3O2S. The van der Waals surface area contributed by atoms with Gasteiger partial charge in [-0.05, 0) is 44.5 Å². The molecule has 5 nitrogen and oxygen atoms in total. The summed E-state index contributed by atoms with van der Waals surface area (Å²) >= 11 is 0. The Balaban J connectivity index is 2.69. The Morgan fingerprint density at radius 1 is 1.30 bits per heavy atom. The van der Waals surface area contributed by atoms with Gasteiger partial charge >= 0.3 is 0 Å². The first kappa shape index (κ1) is 14.9. The molecule has 0 amide bonds. The molecule has 0 saturated heterocycles. The molecule has 0 aliphatic heterocycles. The number of rotatable bonds is 3. The molecule has 2 aromatic rings. The van der Waals surface area contributed by atoms with Gasteiger partial charge in [0.1, 0.15) is 5.82 Å². The summed E-state index contributed by atoms with van der Waals surface area (Å²) in [5.41, 5.74) is 1.02. The van der Waals surface area contributed by atoms with Gasteiger partial charge in [0.15, 0.2) is 5.82 Å². The van der Waals surface area contributed by atoms with Gasteiger partial charge in [-0.25, -0.2) is 12.8 Å². The predicted octanol–water partition coefficient (Wildman–Crippen LogP) is 2.90. The van der Waals surface area contributed by atoms with Gasteiger partial charge in [-0.2, -0.15) is 0 Å². The lowest BCUT2D eigenvalue weighted by Gasteiger charge is -2.12. The van der Waals surface area contributed by atoms with Gasteiger partial charge in [0.2, 0.25) is 0 Å². The molecule has 20 heavy (non-hydrogen) atoms. The molecule has 0 aliphatic carbocycles. The zero-order valence-corrected chi connectivity index (χ0v) is 12.7. The average Bonchev–Trinajstić information content (AvgIpc) is 2.77. The minimum atomic E-state index is -4.00. The third-order valence-corrected chi connectivity index (χ3v) is 3.94. The zero-order chi connectivity index (χ0) is 15.1. The Morgan fingerprint density at radius 2 is 1.95 bits per heavy atom. The number of aromatic nitrogens is 3. The van der Waals surface area contributed by atoms with Crippen LogP contribution in [0, 0.1) is 12.7 Å². The summed E-state index contributed by atoms with van der Waals surface area (Å²) < 4.78 is 37.7. The van der Waals surface area contributed by atoms with Gasteiger partial charge in [0.25, 0.3) is 14.2 Å². The van der Waals surface area contributed by atoms with E-state index in [1.54, 1.807) is 26.8 Å². The lowest BCUT2D eigenvalue weighted by atomic mass is 10.1. The first-order valence-electron chi connectivity index (χ1n) is 5.88. The number of hydrogen-bond acceptors (Lipinski definition) is 4. The third-order valence-electron chi connectivity index (χ3n) is 2.82. The van der Waals surface area contributed by atoms with E-state index in [1.165, 1.54) is 16.7 Å². The number of nitrogens with zero attached hydrogens (tertiary/aromatic N) is 3. The fourth-order valence-electron chi connectivity index (χ4n) is 1.89. The molecule has 1 heterocycles. The smallest absolute Gasteiger partial charge is 0.294 e. The van der Waals surface area contributed by atoms with Crippen molar-refractivity contribution >= 4 is 19.7 Å². The Labute approximate surface area is 120 Å². The van der Waals surface area contributed by atoms with Crippen LogP contribution >= 0.6 is 10.7 Å². The van der Waals surface area contributed by atoms with E-state index in [9.17, 15) is 12.8 Å². The second-order valence-corrected chi connectivity index (χ2v) is 7.13. The quantitative estimate of drug-likeness (QED) is 0.816. The highest BCUT2D eigenvalue weighted by Gasteiger charge is 2.25. The molecular weight excluding hydrogens is 305 g/mol. The van der Waals surface area contributed by atoms with Crippen LogP contribution < -0.4 is 0 Å². The number of hydrogen-bond donors (Lipinski definition) is 0. The molecule has 1 aromatic carbocycles. The maximum Gasteiger partial charge on any atom is 0.296 e. The van der Waals surface area contributed by atoms with Crippen molar-refractivity contribution in [1.29, 1.82) is 0 Å². The monoisotopic (exact) mass is 317 g/mol. The first-order valence-corrected chi connectivity index (χ1v) is 8.19. The molecule has 108 valence electrons. The highest BCUT2D eigenvalue weighted by Crippen LogP contribution is 2.27. The Morgan fingerprint density at radius 3 is 2.45 bits per heavy atom. The molecule has 0 aliphatic rings. The van der Waals surface area contributed by atoms with E-state index in [0.717, 1.165) is 0 Å². The minimum Gasteiger partial charge on any atom is -0.294 e. The summed E-state index contributed by atoms with van der Waals surface area (Å²) in [7, 11) is 1.36. The van der Waals surface area contributed by atoms with E-state index in [0.29, 0.717) is 17.0 Å². The summed E-state index contributed by atoms with van der Waals surface area (Å²) in [4.78, 5) is 0. The normalized spacial score (nSPS) is 12.1. The maximum atomic E-state index is 13.3. The topological polar surface area (TPSA) is 64.8 Å². The first-order chi connectivity index (χ1) is 9.21. The van der Waals surface area contributed by atoms with E-state index in [4.69, 9.17) is 10.7 Å². The summed E-state index contributed by atoms with van der Waals surface area (Å²) in [6, 6.07) is 4.20. The van der Waals surface area contributed by atoms with Crippen molar-refractivity contribution in [3.8, 4) is 11.4 Å². The molecule has 0 spiro atoms. The van der Waals surface area contributed by atoms with Gasteiger partial charge in [-0.1, -0.05) is 0 Å². The second-order valence-electron chi connectivity index (χ2n) is 4.67. The van der Waals surface area contributed by atoms with Crippen molar-refractivity contribution < 1.29 is 12.8 Å². The van der Waals surface area contributed by atoms with Crippen LogP contribution in [0.15, 0.2) is 23.4 Å². The van der Waals surface area contributed by atoms with Crippen molar-refractivity contribution in [2.75, 3.05) is 0 Å². The zero-order valence-electron chi connectivity index (χ0n) is 11.1. The van der Waals surface area contributed by atoms with Crippen LogP contribution in [-0.2, 0) is 9.05 Å². The molecule has 8 heteroatoms. The molecule has 0 fully saturated rings. The van der Waals surface area contributed by atoms with Crippen LogP contribution in [0.5, 0.6) is 0 Å². The fraction of sp³-hybridized carbons (Fsp3) is 0.333. The Hall–Kier alpha value is -1.47. The average molecular weight is 318 g/mol. The lowest BCUT2D eigenvalue weighted by molar-refractivity contribution is 0.530. The summed E-state index contributed by atoms with van der Waals surface area (Å²) in [6.07, 6.45) is 0. The van der Waals surface area contributed by atoms with Crippen LogP contribution in [0.1, 0.15) is 25.5 Å². The van der Waals surface area contributed by atoms with Crippen molar-refractivity contribution in [1.82, 2.24) is 14.8 Å². The van der Waals surface area contributed by atoms with Crippen LogP contribution in [0.25, 0.3) is 11.4 Å². The van der Waals surface area contributed by atoms with E-state index >= 15 is 0 Å². The third kappa shape index (κ3) is 2.69. The highest BCUT2D eigenvalue weighted by molar-refractivity contribution is 8.13. The number of halogens is 2. The van der Waals surface area contributed by atoms with Crippen molar-refractivity contribution in [3.63, 3.8) is 0 Å². The van der Waals surface area contributed by atoms with Crippen LogP contribution in [-0.4, -0.2) is 23.2 Å². The summed E-state index contributed by atoms with van der Waals surface area (Å²) in [5, 5.41) is 7.19.